The summed E-state index contributed by atoms with van der Waals surface area (Å²) in [5, 5.41) is 3.18. The van der Waals surface area contributed by atoms with Crippen LogP contribution in [0.25, 0.3) is 0 Å². The van der Waals surface area contributed by atoms with E-state index in [4.69, 9.17) is 4.74 Å². The molecule has 0 aromatic rings. The van der Waals surface area contributed by atoms with Gasteiger partial charge in [0.05, 0.1) is 12.6 Å². The number of methoxy groups -OCH3 is 1. The summed E-state index contributed by atoms with van der Waals surface area (Å²) in [7, 11) is 3.89. The van der Waals surface area contributed by atoms with Crippen molar-refractivity contribution in [1.29, 1.82) is 0 Å². The number of amides is 1. The molecule has 1 heterocycles. The van der Waals surface area contributed by atoms with Gasteiger partial charge in [-0.2, -0.15) is 0 Å². The first kappa shape index (κ1) is 16.7. The highest BCUT2D eigenvalue weighted by molar-refractivity contribution is 5.81. The molecule has 0 radical (unpaired) electrons. The van der Waals surface area contributed by atoms with E-state index < -0.39 is 0 Å². The summed E-state index contributed by atoms with van der Waals surface area (Å²) in [6.45, 7) is 7.60. The van der Waals surface area contributed by atoms with E-state index in [1.807, 2.05) is 6.92 Å². The van der Waals surface area contributed by atoms with Crippen LogP contribution in [0, 0.1) is 5.41 Å². The first-order chi connectivity index (χ1) is 10.1. The number of hydrogen-bond acceptors (Lipinski definition) is 4. The van der Waals surface area contributed by atoms with Gasteiger partial charge in [0.2, 0.25) is 5.91 Å². The number of nitrogens with one attached hydrogen (secondary N) is 1. The summed E-state index contributed by atoms with van der Waals surface area (Å²) >= 11 is 0. The fraction of sp³-hybridized carbons (Fsp3) is 0.938. The molecule has 0 aromatic carbocycles. The van der Waals surface area contributed by atoms with Crippen LogP contribution < -0.4 is 5.32 Å². The van der Waals surface area contributed by atoms with Gasteiger partial charge in [0.1, 0.15) is 0 Å². The Kier molecular flexibility index (Phi) is 6.02. The van der Waals surface area contributed by atoms with Gasteiger partial charge >= 0.3 is 0 Å². The summed E-state index contributed by atoms with van der Waals surface area (Å²) in [6, 6.07) is -0.0281. The number of likely N-dealkylation sites (N-methyl/N-ethyl adjacent to an activating group) is 1. The Morgan fingerprint density at radius 2 is 1.86 bits per heavy atom. The molecule has 0 unspecified atom stereocenters. The first-order valence-electron chi connectivity index (χ1n) is 8.26. The molecular formula is C16H31N3O2. The quantitative estimate of drug-likeness (QED) is 0.793. The van der Waals surface area contributed by atoms with Gasteiger partial charge in [-0.05, 0) is 26.8 Å². The van der Waals surface area contributed by atoms with E-state index in [0.29, 0.717) is 0 Å². The van der Waals surface area contributed by atoms with Gasteiger partial charge in [0.15, 0.2) is 0 Å². The van der Waals surface area contributed by atoms with Crippen LogP contribution >= 0.6 is 0 Å². The van der Waals surface area contributed by atoms with Gasteiger partial charge in [-0.3, -0.25) is 9.69 Å². The average molecular weight is 297 g/mol. The molecule has 0 bridgehead atoms. The van der Waals surface area contributed by atoms with Crippen LogP contribution in [0.15, 0.2) is 0 Å². The number of hydrogen-bond donors (Lipinski definition) is 1. The SMILES string of the molecule is COCC1(CNC(=O)[C@@H](C)N2CCN(C)CC2)CCCC1. The van der Waals surface area contributed by atoms with E-state index in [-0.39, 0.29) is 17.4 Å². The standard InChI is InChI=1S/C16H31N3O2/c1-14(19-10-8-18(2)9-11-19)15(20)17-12-16(13-21-3)6-4-5-7-16/h14H,4-13H2,1-3H3,(H,17,20)/t14-/m1/s1. The summed E-state index contributed by atoms with van der Waals surface area (Å²) in [5.74, 6) is 0.168. The second-order valence-corrected chi connectivity index (χ2v) is 6.87. The summed E-state index contributed by atoms with van der Waals surface area (Å²) in [5.41, 5.74) is 0.173. The lowest BCUT2D eigenvalue weighted by Gasteiger charge is -2.36. The second-order valence-electron chi connectivity index (χ2n) is 6.87. The van der Waals surface area contributed by atoms with E-state index in [1.54, 1.807) is 7.11 Å². The Balaban J connectivity index is 1.80. The zero-order valence-electron chi connectivity index (χ0n) is 13.9. The third kappa shape index (κ3) is 4.41. The van der Waals surface area contributed by atoms with Crippen LogP contribution in [0.5, 0.6) is 0 Å². The van der Waals surface area contributed by atoms with Gasteiger partial charge in [-0.1, -0.05) is 12.8 Å². The Bertz CT molecular complexity index is 334. The number of rotatable bonds is 6. The zero-order chi connectivity index (χ0) is 15.3. The number of piperazine rings is 1. The summed E-state index contributed by atoms with van der Waals surface area (Å²) < 4.78 is 5.38. The van der Waals surface area contributed by atoms with Crippen LogP contribution in [0.2, 0.25) is 0 Å². The van der Waals surface area contributed by atoms with Gasteiger partial charge in [-0.15, -0.1) is 0 Å². The third-order valence-corrected chi connectivity index (χ3v) is 5.22. The number of carbonyl (C=O) groups excluding carboxylic acids is 1. The van der Waals surface area contributed by atoms with Crippen molar-refractivity contribution >= 4 is 5.91 Å². The molecule has 1 atom stereocenters. The molecule has 2 aliphatic rings. The van der Waals surface area contributed by atoms with Crippen LogP contribution in [0.4, 0.5) is 0 Å². The number of carbonyl (C=O) groups is 1. The van der Waals surface area contributed by atoms with Crippen LogP contribution in [0.1, 0.15) is 32.6 Å². The smallest absolute Gasteiger partial charge is 0.237 e. The molecule has 122 valence electrons. The van der Waals surface area contributed by atoms with E-state index in [9.17, 15) is 4.79 Å². The maximum Gasteiger partial charge on any atom is 0.237 e. The molecule has 5 nitrogen and oxygen atoms in total. The molecule has 2 rings (SSSR count). The van der Waals surface area contributed by atoms with Gasteiger partial charge in [0, 0.05) is 45.2 Å². The van der Waals surface area contributed by atoms with Crippen molar-refractivity contribution in [3.8, 4) is 0 Å². The Morgan fingerprint density at radius 1 is 1.24 bits per heavy atom. The Labute approximate surface area is 129 Å². The fourth-order valence-electron chi connectivity index (χ4n) is 3.60. The molecule has 1 saturated heterocycles. The van der Waals surface area contributed by atoms with Gasteiger partial charge in [-0.25, -0.2) is 0 Å². The highest BCUT2D eigenvalue weighted by atomic mass is 16.5. The topological polar surface area (TPSA) is 44.8 Å². The van der Waals surface area contributed by atoms with E-state index in [1.165, 1.54) is 25.7 Å². The van der Waals surface area contributed by atoms with Crippen molar-refractivity contribution in [2.24, 2.45) is 5.41 Å². The monoisotopic (exact) mass is 297 g/mol. The minimum absolute atomic E-state index is 0.0281. The minimum Gasteiger partial charge on any atom is -0.384 e. The summed E-state index contributed by atoms with van der Waals surface area (Å²) in [6.07, 6.45) is 4.86. The predicted molar refractivity (Wildman–Crippen MR) is 84.3 cm³/mol. The molecule has 1 aliphatic carbocycles. The predicted octanol–water partition coefficient (Wildman–Crippen LogP) is 0.945. The highest BCUT2D eigenvalue weighted by Gasteiger charge is 2.35. The number of nitrogens with zero attached hydrogens (tertiary/aromatic N) is 2. The zero-order valence-corrected chi connectivity index (χ0v) is 13.9. The van der Waals surface area contributed by atoms with Crippen molar-refractivity contribution in [1.82, 2.24) is 15.1 Å². The average Bonchev–Trinajstić information content (AvgIpc) is 2.94. The molecular weight excluding hydrogens is 266 g/mol. The molecule has 5 heteroatoms. The first-order valence-corrected chi connectivity index (χ1v) is 8.26. The molecule has 1 saturated carbocycles. The maximum atomic E-state index is 12.4. The normalized spacial score (nSPS) is 24.9. The molecule has 0 spiro atoms. The van der Waals surface area contributed by atoms with E-state index in [0.717, 1.165) is 39.3 Å². The van der Waals surface area contributed by atoms with E-state index in [2.05, 4.69) is 22.2 Å². The fourth-order valence-corrected chi connectivity index (χ4v) is 3.60. The highest BCUT2D eigenvalue weighted by Crippen LogP contribution is 2.37. The van der Waals surface area contributed by atoms with E-state index >= 15 is 0 Å². The lowest BCUT2D eigenvalue weighted by molar-refractivity contribution is -0.127. The lowest BCUT2D eigenvalue weighted by Crippen LogP contribution is -2.54. The van der Waals surface area contributed by atoms with Gasteiger partial charge < -0.3 is 15.0 Å². The van der Waals surface area contributed by atoms with Crippen molar-refractivity contribution in [3.05, 3.63) is 0 Å². The van der Waals surface area contributed by atoms with Crippen molar-refractivity contribution in [3.63, 3.8) is 0 Å². The Morgan fingerprint density at radius 3 is 2.43 bits per heavy atom. The minimum atomic E-state index is -0.0281. The number of ether oxygens (including phenoxy) is 1. The largest absolute Gasteiger partial charge is 0.384 e. The third-order valence-electron chi connectivity index (χ3n) is 5.22. The molecule has 1 N–H and O–H groups in total. The molecule has 1 aliphatic heterocycles. The van der Waals surface area contributed by atoms with Crippen LogP contribution in [0.3, 0.4) is 0 Å². The Hall–Kier alpha value is -0.650. The van der Waals surface area contributed by atoms with Crippen molar-refractivity contribution < 1.29 is 9.53 Å². The van der Waals surface area contributed by atoms with Crippen LogP contribution in [-0.4, -0.2) is 75.2 Å². The molecule has 0 aromatic heterocycles. The molecule has 1 amide bonds. The van der Waals surface area contributed by atoms with Gasteiger partial charge in [0.25, 0.3) is 0 Å². The summed E-state index contributed by atoms with van der Waals surface area (Å²) in [4.78, 5) is 17.0. The maximum absolute atomic E-state index is 12.4. The van der Waals surface area contributed by atoms with Crippen molar-refractivity contribution in [2.75, 3.05) is 53.5 Å². The molecule has 2 fully saturated rings. The van der Waals surface area contributed by atoms with Crippen molar-refractivity contribution in [2.45, 2.75) is 38.6 Å². The molecule has 21 heavy (non-hydrogen) atoms. The van der Waals surface area contributed by atoms with Crippen LogP contribution in [-0.2, 0) is 9.53 Å². The lowest BCUT2D eigenvalue weighted by atomic mass is 9.87. The second kappa shape index (κ2) is 7.56.